The number of hydrogen-bond donors (Lipinski definition) is 2. The van der Waals surface area contributed by atoms with E-state index in [4.69, 9.17) is 0 Å². The van der Waals surface area contributed by atoms with Gasteiger partial charge in [0.2, 0.25) is 0 Å². The summed E-state index contributed by atoms with van der Waals surface area (Å²) in [7, 11) is 0. The molecule has 0 saturated carbocycles. The van der Waals surface area contributed by atoms with Gasteiger partial charge in [-0.2, -0.15) is 0 Å². The molecule has 1 fully saturated rings. The van der Waals surface area contributed by atoms with Gasteiger partial charge in [-0.05, 0) is 61.4 Å². The standard InChI is InChI=1S/C31H46FN5O2/c1-22(2)26-9-8-10-27(23(3)4)28(26)33-29(38)36-18-15-35(16-19-36)17-20-37(30(39)34-31(5,6)7)21-24-11-13-25(32)14-12-24/h8-14,22-23H,15-21H2,1-7H3,(H,33,38)(H,34,39). The Morgan fingerprint density at radius 1 is 0.923 bits per heavy atom. The summed E-state index contributed by atoms with van der Waals surface area (Å²) in [5, 5.41) is 6.27. The zero-order valence-corrected chi connectivity index (χ0v) is 24.7. The summed E-state index contributed by atoms with van der Waals surface area (Å²) in [6, 6.07) is 12.3. The smallest absolute Gasteiger partial charge is 0.321 e. The highest BCUT2D eigenvalue weighted by atomic mass is 19.1. The minimum Gasteiger partial charge on any atom is -0.333 e. The number of nitrogens with one attached hydrogen (secondary N) is 2. The van der Waals surface area contributed by atoms with Gasteiger partial charge >= 0.3 is 12.1 Å². The van der Waals surface area contributed by atoms with Crippen molar-refractivity contribution in [2.24, 2.45) is 0 Å². The molecule has 4 amide bonds. The predicted octanol–water partition coefficient (Wildman–Crippen LogP) is 6.23. The van der Waals surface area contributed by atoms with Crippen molar-refractivity contribution in [3.05, 3.63) is 65.0 Å². The van der Waals surface area contributed by atoms with Gasteiger partial charge in [-0.3, -0.25) is 4.90 Å². The van der Waals surface area contributed by atoms with E-state index in [9.17, 15) is 14.0 Å². The molecule has 2 aromatic rings. The number of benzene rings is 2. The highest BCUT2D eigenvalue weighted by molar-refractivity contribution is 5.91. The quantitative estimate of drug-likeness (QED) is 0.418. The molecule has 0 atom stereocenters. The topological polar surface area (TPSA) is 67.9 Å². The zero-order valence-electron chi connectivity index (χ0n) is 24.7. The van der Waals surface area contributed by atoms with E-state index in [0.29, 0.717) is 44.6 Å². The summed E-state index contributed by atoms with van der Waals surface area (Å²) >= 11 is 0. The average Bonchev–Trinajstić information content (AvgIpc) is 2.86. The molecule has 1 heterocycles. The lowest BCUT2D eigenvalue weighted by Gasteiger charge is -2.36. The van der Waals surface area contributed by atoms with Gasteiger partial charge < -0.3 is 20.4 Å². The van der Waals surface area contributed by atoms with Gasteiger partial charge in [0, 0.05) is 57.0 Å². The van der Waals surface area contributed by atoms with E-state index in [1.807, 2.05) is 25.7 Å². The number of urea groups is 2. The summed E-state index contributed by atoms with van der Waals surface area (Å²) < 4.78 is 13.4. The molecule has 0 unspecified atom stereocenters. The molecule has 1 saturated heterocycles. The van der Waals surface area contributed by atoms with E-state index in [1.165, 1.54) is 12.1 Å². The molecule has 1 aliphatic rings. The van der Waals surface area contributed by atoms with Crippen LogP contribution in [0.15, 0.2) is 42.5 Å². The van der Waals surface area contributed by atoms with Gasteiger partial charge in [-0.1, -0.05) is 58.0 Å². The van der Waals surface area contributed by atoms with Crippen LogP contribution in [-0.4, -0.2) is 71.6 Å². The maximum Gasteiger partial charge on any atom is 0.321 e. The average molecular weight is 540 g/mol. The number of carbonyl (C=O) groups is 2. The third-order valence-corrected chi connectivity index (χ3v) is 7.01. The predicted molar refractivity (Wildman–Crippen MR) is 157 cm³/mol. The van der Waals surface area contributed by atoms with E-state index < -0.39 is 0 Å². The Hall–Kier alpha value is -3.13. The molecular weight excluding hydrogens is 493 g/mol. The Labute approximate surface area is 233 Å². The third kappa shape index (κ3) is 8.95. The van der Waals surface area contributed by atoms with Crippen LogP contribution in [0.2, 0.25) is 0 Å². The number of para-hydroxylation sites is 1. The summed E-state index contributed by atoms with van der Waals surface area (Å²) in [6.07, 6.45) is 0. The normalized spacial score (nSPS) is 14.6. The van der Waals surface area contributed by atoms with E-state index in [0.717, 1.165) is 35.5 Å². The van der Waals surface area contributed by atoms with Gasteiger partial charge in [0.25, 0.3) is 0 Å². The molecule has 2 N–H and O–H groups in total. The van der Waals surface area contributed by atoms with Gasteiger partial charge in [0.05, 0.1) is 0 Å². The van der Waals surface area contributed by atoms with Crippen LogP contribution in [-0.2, 0) is 6.54 Å². The number of halogens is 1. The van der Waals surface area contributed by atoms with Gasteiger partial charge in [0.15, 0.2) is 0 Å². The molecule has 0 radical (unpaired) electrons. The largest absolute Gasteiger partial charge is 0.333 e. The highest BCUT2D eigenvalue weighted by Gasteiger charge is 2.25. The fraction of sp³-hybridized carbons (Fsp3) is 0.548. The van der Waals surface area contributed by atoms with Crippen molar-refractivity contribution in [3.63, 3.8) is 0 Å². The molecule has 1 aliphatic heterocycles. The number of rotatable bonds is 8. The summed E-state index contributed by atoms with van der Waals surface area (Å²) in [6.45, 7) is 18.8. The first kappa shape index (κ1) is 30.4. The first-order chi connectivity index (χ1) is 18.3. The zero-order chi connectivity index (χ0) is 28.7. The molecule has 2 aromatic carbocycles. The second-order valence-electron chi connectivity index (χ2n) is 12.1. The summed E-state index contributed by atoms with van der Waals surface area (Å²) in [5.41, 5.74) is 3.77. The molecule has 214 valence electrons. The number of anilines is 1. The van der Waals surface area contributed by atoms with E-state index in [2.05, 4.69) is 61.4 Å². The van der Waals surface area contributed by atoms with Crippen LogP contribution < -0.4 is 10.6 Å². The lowest BCUT2D eigenvalue weighted by atomic mass is 9.93. The van der Waals surface area contributed by atoms with Crippen LogP contribution in [0.4, 0.5) is 19.7 Å². The fourth-order valence-electron chi connectivity index (χ4n) is 4.78. The maximum absolute atomic E-state index is 13.4. The summed E-state index contributed by atoms with van der Waals surface area (Å²) in [5.74, 6) is 0.327. The van der Waals surface area contributed by atoms with Crippen LogP contribution >= 0.6 is 0 Å². The SMILES string of the molecule is CC(C)c1cccc(C(C)C)c1NC(=O)N1CCN(CCN(Cc2ccc(F)cc2)C(=O)NC(C)(C)C)CC1. The van der Waals surface area contributed by atoms with E-state index in [1.54, 1.807) is 17.0 Å². The molecule has 0 bridgehead atoms. The minimum atomic E-state index is -0.360. The van der Waals surface area contributed by atoms with Crippen molar-refractivity contribution in [1.82, 2.24) is 20.0 Å². The first-order valence-electron chi connectivity index (χ1n) is 14.1. The first-order valence-corrected chi connectivity index (χ1v) is 14.1. The van der Waals surface area contributed by atoms with Gasteiger partial charge in [0.1, 0.15) is 5.82 Å². The van der Waals surface area contributed by atoms with Crippen LogP contribution in [0, 0.1) is 5.82 Å². The Morgan fingerprint density at radius 3 is 2.00 bits per heavy atom. The number of hydrogen-bond acceptors (Lipinski definition) is 3. The molecule has 0 spiro atoms. The van der Waals surface area contributed by atoms with Crippen LogP contribution in [0.1, 0.15) is 77.0 Å². The molecule has 3 rings (SSSR count). The Balaban J connectivity index is 1.59. The van der Waals surface area contributed by atoms with Crippen LogP contribution in [0.3, 0.4) is 0 Å². The Morgan fingerprint density at radius 2 is 1.49 bits per heavy atom. The minimum absolute atomic E-state index is 0.0628. The molecule has 8 heteroatoms. The molecule has 0 aliphatic carbocycles. The van der Waals surface area contributed by atoms with Gasteiger partial charge in [-0.25, -0.2) is 14.0 Å². The van der Waals surface area contributed by atoms with E-state index >= 15 is 0 Å². The number of carbonyl (C=O) groups excluding carboxylic acids is 2. The number of nitrogens with zero attached hydrogens (tertiary/aromatic N) is 3. The Bertz CT molecular complexity index is 1080. The molecule has 0 aromatic heterocycles. The van der Waals surface area contributed by atoms with Crippen molar-refractivity contribution < 1.29 is 14.0 Å². The van der Waals surface area contributed by atoms with Crippen LogP contribution in [0.25, 0.3) is 0 Å². The number of piperazine rings is 1. The second-order valence-corrected chi connectivity index (χ2v) is 12.1. The van der Waals surface area contributed by atoms with Crippen molar-refractivity contribution >= 4 is 17.7 Å². The monoisotopic (exact) mass is 539 g/mol. The van der Waals surface area contributed by atoms with Crippen molar-refractivity contribution in [3.8, 4) is 0 Å². The summed E-state index contributed by atoms with van der Waals surface area (Å²) in [4.78, 5) is 32.2. The maximum atomic E-state index is 13.4. The van der Waals surface area contributed by atoms with E-state index in [-0.39, 0.29) is 23.4 Å². The second kappa shape index (κ2) is 13.3. The van der Waals surface area contributed by atoms with Gasteiger partial charge in [-0.15, -0.1) is 0 Å². The fourth-order valence-corrected chi connectivity index (χ4v) is 4.78. The molecular formula is C31H46FN5O2. The highest BCUT2D eigenvalue weighted by Crippen LogP contribution is 2.32. The lowest BCUT2D eigenvalue weighted by molar-refractivity contribution is 0.132. The van der Waals surface area contributed by atoms with Crippen LogP contribution in [0.5, 0.6) is 0 Å². The number of amides is 4. The lowest BCUT2D eigenvalue weighted by Crippen LogP contribution is -2.53. The van der Waals surface area contributed by atoms with Crippen molar-refractivity contribution in [1.29, 1.82) is 0 Å². The van der Waals surface area contributed by atoms with Crippen molar-refractivity contribution in [2.75, 3.05) is 44.6 Å². The Kier molecular flexibility index (Phi) is 10.4. The molecule has 7 nitrogen and oxygen atoms in total. The molecule has 39 heavy (non-hydrogen) atoms. The van der Waals surface area contributed by atoms with Crippen molar-refractivity contribution in [2.45, 2.75) is 72.4 Å². The third-order valence-electron chi connectivity index (χ3n) is 7.01.